The first-order valence-electron chi connectivity index (χ1n) is 8.91. The van der Waals surface area contributed by atoms with Crippen LogP contribution in [0.5, 0.6) is 5.75 Å². The number of amides is 2. The molecule has 7 heteroatoms. The van der Waals surface area contributed by atoms with Crippen molar-refractivity contribution in [2.75, 3.05) is 17.2 Å². The normalized spacial score (nSPS) is 9.93. The smallest absolute Gasteiger partial charge is 0.274 e. The SMILES string of the molecule is CCOc1ccc(NC(=O)c2ccnc(C(=O)Nc3ccc(C#N)cc3)c2)cc1. The minimum absolute atomic E-state index is 0.105. The van der Waals surface area contributed by atoms with Gasteiger partial charge < -0.3 is 15.4 Å². The molecule has 2 amide bonds. The van der Waals surface area contributed by atoms with Crippen molar-refractivity contribution in [3.05, 3.63) is 83.7 Å². The molecular weight excluding hydrogens is 368 g/mol. The first kappa shape index (κ1) is 19.6. The van der Waals surface area contributed by atoms with E-state index in [-0.39, 0.29) is 11.6 Å². The molecule has 0 saturated heterocycles. The van der Waals surface area contributed by atoms with Crippen LogP contribution >= 0.6 is 0 Å². The fraction of sp³-hybridized carbons (Fsp3) is 0.0909. The fourth-order valence-electron chi connectivity index (χ4n) is 2.52. The highest BCUT2D eigenvalue weighted by atomic mass is 16.5. The summed E-state index contributed by atoms with van der Waals surface area (Å²) in [6, 6.07) is 18.4. The van der Waals surface area contributed by atoms with Crippen molar-refractivity contribution >= 4 is 23.2 Å². The summed E-state index contributed by atoms with van der Waals surface area (Å²) in [5.74, 6) is -0.0921. The van der Waals surface area contributed by atoms with Gasteiger partial charge in [0.05, 0.1) is 18.2 Å². The van der Waals surface area contributed by atoms with Gasteiger partial charge in [0.25, 0.3) is 11.8 Å². The van der Waals surface area contributed by atoms with Gasteiger partial charge in [0.1, 0.15) is 11.4 Å². The molecule has 0 fully saturated rings. The standard InChI is InChI=1S/C22H18N4O3/c1-2-29-19-9-7-18(8-10-19)25-21(27)16-11-12-24-20(13-16)22(28)26-17-5-3-15(14-23)4-6-17/h3-13H,2H2,1H3,(H,25,27)(H,26,28). The molecular formula is C22H18N4O3. The van der Waals surface area contributed by atoms with E-state index in [0.717, 1.165) is 5.75 Å². The van der Waals surface area contributed by atoms with Crippen LogP contribution < -0.4 is 15.4 Å². The van der Waals surface area contributed by atoms with E-state index in [2.05, 4.69) is 15.6 Å². The zero-order valence-electron chi connectivity index (χ0n) is 15.7. The van der Waals surface area contributed by atoms with Crippen LogP contribution in [0.25, 0.3) is 0 Å². The Bertz CT molecular complexity index is 1050. The minimum Gasteiger partial charge on any atom is -0.494 e. The van der Waals surface area contributed by atoms with Crippen molar-refractivity contribution in [1.29, 1.82) is 5.26 Å². The van der Waals surface area contributed by atoms with Crippen LogP contribution in [0.2, 0.25) is 0 Å². The second-order valence-electron chi connectivity index (χ2n) is 5.98. The molecule has 0 aliphatic heterocycles. The first-order valence-corrected chi connectivity index (χ1v) is 8.91. The number of anilines is 2. The number of benzene rings is 2. The highest BCUT2D eigenvalue weighted by Gasteiger charge is 2.12. The van der Waals surface area contributed by atoms with Crippen LogP contribution in [0.4, 0.5) is 11.4 Å². The van der Waals surface area contributed by atoms with Crippen molar-refractivity contribution in [3.63, 3.8) is 0 Å². The molecule has 0 aliphatic rings. The number of aromatic nitrogens is 1. The van der Waals surface area contributed by atoms with Crippen LogP contribution in [0.3, 0.4) is 0 Å². The molecule has 0 unspecified atom stereocenters. The van der Waals surface area contributed by atoms with Crippen molar-refractivity contribution in [2.24, 2.45) is 0 Å². The maximum Gasteiger partial charge on any atom is 0.274 e. The number of ether oxygens (including phenoxy) is 1. The Balaban J connectivity index is 1.68. The lowest BCUT2D eigenvalue weighted by Gasteiger charge is -2.08. The maximum atomic E-state index is 12.5. The Hall–Kier alpha value is -4.18. The highest BCUT2D eigenvalue weighted by Crippen LogP contribution is 2.17. The van der Waals surface area contributed by atoms with Crippen LogP contribution in [0.1, 0.15) is 33.3 Å². The topological polar surface area (TPSA) is 104 Å². The lowest BCUT2D eigenvalue weighted by atomic mass is 10.2. The van der Waals surface area contributed by atoms with E-state index >= 15 is 0 Å². The largest absolute Gasteiger partial charge is 0.494 e. The molecule has 0 radical (unpaired) electrons. The summed E-state index contributed by atoms with van der Waals surface area (Å²) in [5, 5.41) is 14.3. The average molecular weight is 386 g/mol. The molecule has 7 nitrogen and oxygen atoms in total. The number of hydrogen-bond acceptors (Lipinski definition) is 5. The molecule has 3 aromatic rings. The molecule has 2 N–H and O–H groups in total. The van der Waals surface area contributed by atoms with Gasteiger partial charge in [-0.2, -0.15) is 5.26 Å². The number of nitriles is 1. The van der Waals surface area contributed by atoms with E-state index in [1.165, 1.54) is 18.3 Å². The van der Waals surface area contributed by atoms with Gasteiger partial charge in [-0.05, 0) is 67.6 Å². The monoisotopic (exact) mass is 386 g/mol. The van der Waals surface area contributed by atoms with Gasteiger partial charge in [0, 0.05) is 23.1 Å². The molecule has 0 atom stereocenters. The van der Waals surface area contributed by atoms with Crippen molar-refractivity contribution in [1.82, 2.24) is 4.98 Å². The number of carbonyl (C=O) groups is 2. The molecule has 0 bridgehead atoms. The van der Waals surface area contributed by atoms with Gasteiger partial charge in [0.15, 0.2) is 0 Å². The predicted octanol–water partition coefficient (Wildman–Crippen LogP) is 3.86. The Labute approximate surface area is 168 Å². The molecule has 144 valence electrons. The third-order valence-electron chi connectivity index (χ3n) is 3.95. The van der Waals surface area contributed by atoms with Crippen LogP contribution in [0.15, 0.2) is 66.9 Å². The number of rotatable bonds is 6. The Morgan fingerprint density at radius 3 is 2.21 bits per heavy atom. The third-order valence-corrected chi connectivity index (χ3v) is 3.95. The molecule has 1 heterocycles. The van der Waals surface area contributed by atoms with Crippen molar-refractivity contribution in [3.8, 4) is 11.8 Å². The average Bonchev–Trinajstić information content (AvgIpc) is 2.76. The highest BCUT2D eigenvalue weighted by molar-refractivity contribution is 6.07. The van der Waals surface area contributed by atoms with Gasteiger partial charge in [-0.15, -0.1) is 0 Å². The molecule has 3 rings (SSSR count). The van der Waals surface area contributed by atoms with Crippen LogP contribution in [-0.4, -0.2) is 23.4 Å². The second kappa shape index (κ2) is 9.15. The maximum absolute atomic E-state index is 12.5. The summed E-state index contributed by atoms with van der Waals surface area (Å²) >= 11 is 0. The molecule has 1 aromatic heterocycles. The summed E-state index contributed by atoms with van der Waals surface area (Å²) in [4.78, 5) is 28.9. The van der Waals surface area contributed by atoms with E-state index in [0.29, 0.717) is 29.1 Å². The number of nitrogens with zero attached hydrogens (tertiary/aromatic N) is 2. The molecule has 29 heavy (non-hydrogen) atoms. The molecule has 0 saturated carbocycles. The minimum atomic E-state index is -0.453. The van der Waals surface area contributed by atoms with E-state index in [1.54, 1.807) is 48.5 Å². The van der Waals surface area contributed by atoms with Crippen molar-refractivity contribution in [2.45, 2.75) is 6.92 Å². The summed E-state index contributed by atoms with van der Waals surface area (Å²) in [6.45, 7) is 2.46. The van der Waals surface area contributed by atoms with Gasteiger partial charge in [-0.25, -0.2) is 0 Å². The predicted molar refractivity (Wildman–Crippen MR) is 109 cm³/mol. The summed E-state index contributed by atoms with van der Waals surface area (Å²) in [7, 11) is 0. The number of carbonyl (C=O) groups excluding carboxylic acids is 2. The van der Waals surface area contributed by atoms with Gasteiger partial charge >= 0.3 is 0 Å². The lowest BCUT2D eigenvalue weighted by Crippen LogP contribution is -2.17. The zero-order valence-corrected chi connectivity index (χ0v) is 15.7. The Morgan fingerprint density at radius 1 is 0.966 bits per heavy atom. The van der Waals surface area contributed by atoms with Gasteiger partial charge in [-0.1, -0.05) is 0 Å². The Morgan fingerprint density at radius 2 is 1.59 bits per heavy atom. The van der Waals surface area contributed by atoms with Crippen LogP contribution in [-0.2, 0) is 0 Å². The van der Waals surface area contributed by atoms with E-state index < -0.39 is 5.91 Å². The van der Waals surface area contributed by atoms with Gasteiger partial charge in [-0.3, -0.25) is 14.6 Å². The second-order valence-corrected chi connectivity index (χ2v) is 5.98. The van der Waals surface area contributed by atoms with E-state index in [1.807, 2.05) is 13.0 Å². The molecule has 0 spiro atoms. The fourth-order valence-corrected chi connectivity index (χ4v) is 2.52. The van der Waals surface area contributed by atoms with E-state index in [9.17, 15) is 9.59 Å². The lowest BCUT2D eigenvalue weighted by molar-refractivity contribution is 0.102. The summed E-state index contributed by atoms with van der Waals surface area (Å²) < 4.78 is 5.37. The van der Waals surface area contributed by atoms with Crippen molar-refractivity contribution < 1.29 is 14.3 Å². The third kappa shape index (κ3) is 5.17. The van der Waals surface area contributed by atoms with E-state index in [4.69, 9.17) is 10.00 Å². The first-order chi connectivity index (χ1) is 14.1. The number of pyridine rings is 1. The molecule has 2 aromatic carbocycles. The summed E-state index contributed by atoms with van der Waals surface area (Å²) in [5.41, 5.74) is 2.04. The number of nitrogens with one attached hydrogen (secondary N) is 2. The number of hydrogen-bond donors (Lipinski definition) is 2. The summed E-state index contributed by atoms with van der Waals surface area (Å²) in [6.07, 6.45) is 1.40. The zero-order chi connectivity index (χ0) is 20.6. The van der Waals surface area contributed by atoms with Gasteiger partial charge in [0.2, 0.25) is 0 Å². The quantitative estimate of drug-likeness (QED) is 0.669. The Kier molecular flexibility index (Phi) is 6.18. The van der Waals surface area contributed by atoms with Crippen LogP contribution in [0, 0.1) is 11.3 Å². The molecule has 0 aliphatic carbocycles.